The van der Waals surface area contributed by atoms with Gasteiger partial charge in [-0.25, -0.2) is 4.98 Å². The Balaban J connectivity index is 1.63. The average molecular weight is 470 g/mol. The summed E-state index contributed by atoms with van der Waals surface area (Å²) in [5, 5.41) is 4.81. The number of hydrogen-bond donors (Lipinski definition) is 1. The lowest BCUT2D eigenvalue weighted by molar-refractivity contribution is -0.113. The van der Waals surface area contributed by atoms with Crippen molar-refractivity contribution in [1.82, 2.24) is 9.55 Å². The Kier molecular flexibility index (Phi) is 6.61. The number of carbonyl (C=O) groups excluding carboxylic acids is 1. The Labute approximate surface area is 193 Å². The van der Waals surface area contributed by atoms with E-state index in [0.29, 0.717) is 38.3 Å². The monoisotopic (exact) mass is 469 g/mol. The molecule has 5 nitrogen and oxygen atoms in total. The zero-order chi connectivity index (χ0) is 21.8. The van der Waals surface area contributed by atoms with Crippen LogP contribution < -0.4 is 10.9 Å². The van der Waals surface area contributed by atoms with Crippen molar-refractivity contribution in [2.75, 3.05) is 11.1 Å². The molecule has 8 heteroatoms. The first-order chi connectivity index (χ1) is 15.0. The second kappa shape index (κ2) is 9.56. The predicted molar refractivity (Wildman–Crippen MR) is 127 cm³/mol. The molecule has 1 aromatic heterocycles. The van der Waals surface area contributed by atoms with Crippen LogP contribution in [0.4, 0.5) is 5.69 Å². The Hall–Kier alpha value is -2.80. The van der Waals surface area contributed by atoms with Crippen LogP contribution in [0, 0.1) is 0 Å². The SMILES string of the molecule is O=C(CSc1nc2ccccc2c(=O)n1Cc1cccc(Cl)c1)Nc1ccccc1Cl. The highest BCUT2D eigenvalue weighted by molar-refractivity contribution is 7.99. The Bertz CT molecular complexity index is 1320. The first-order valence-corrected chi connectivity index (χ1v) is 11.2. The number of anilines is 1. The minimum atomic E-state index is -0.241. The summed E-state index contributed by atoms with van der Waals surface area (Å²) in [6.07, 6.45) is 0. The molecule has 0 aliphatic rings. The topological polar surface area (TPSA) is 64.0 Å². The number of benzene rings is 3. The van der Waals surface area contributed by atoms with Crippen molar-refractivity contribution >= 4 is 57.5 Å². The molecule has 0 saturated heterocycles. The van der Waals surface area contributed by atoms with E-state index in [1.165, 1.54) is 11.8 Å². The molecule has 0 aliphatic heterocycles. The first kappa shape index (κ1) is 21.4. The lowest BCUT2D eigenvalue weighted by atomic mass is 10.2. The van der Waals surface area contributed by atoms with Crippen LogP contribution in [-0.4, -0.2) is 21.2 Å². The van der Waals surface area contributed by atoms with Crippen molar-refractivity contribution in [3.8, 4) is 0 Å². The van der Waals surface area contributed by atoms with Gasteiger partial charge in [0.15, 0.2) is 5.16 Å². The highest BCUT2D eigenvalue weighted by atomic mass is 35.5. The molecule has 0 spiro atoms. The number of fused-ring (bicyclic) bond motifs is 1. The number of aromatic nitrogens is 2. The molecular formula is C23H17Cl2N3O2S. The summed E-state index contributed by atoms with van der Waals surface area (Å²) >= 11 is 13.4. The van der Waals surface area contributed by atoms with Crippen LogP contribution in [0.3, 0.4) is 0 Å². The number of carbonyl (C=O) groups is 1. The van der Waals surface area contributed by atoms with Gasteiger partial charge in [-0.3, -0.25) is 14.2 Å². The fourth-order valence-corrected chi connectivity index (χ4v) is 4.29. The van der Waals surface area contributed by atoms with E-state index in [2.05, 4.69) is 10.3 Å². The van der Waals surface area contributed by atoms with Gasteiger partial charge in [0.1, 0.15) is 0 Å². The number of halogens is 2. The number of thioether (sulfide) groups is 1. The molecule has 4 rings (SSSR count). The van der Waals surface area contributed by atoms with Gasteiger partial charge in [-0.05, 0) is 42.0 Å². The van der Waals surface area contributed by atoms with Crippen LogP contribution in [0.2, 0.25) is 10.0 Å². The maximum absolute atomic E-state index is 13.2. The Morgan fingerprint density at radius 2 is 1.77 bits per heavy atom. The third-order valence-corrected chi connectivity index (χ3v) is 6.08. The summed E-state index contributed by atoms with van der Waals surface area (Å²) in [6, 6.07) is 21.5. The molecule has 1 N–H and O–H groups in total. The summed E-state index contributed by atoms with van der Waals surface area (Å²) in [5.74, 6) is -0.166. The molecule has 0 radical (unpaired) electrons. The molecule has 4 aromatic rings. The van der Waals surface area contributed by atoms with Crippen molar-refractivity contribution < 1.29 is 4.79 Å². The van der Waals surface area contributed by atoms with Gasteiger partial charge in [0.25, 0.3) is 5.56 Å². The van der Waals surface area contributed by atoms with Gasteiger partial charge in [-0.2, -0.15) is 0 Å². The summed E-state index contributed by atoms with van der Waals surface area (Å²) in [4.78, 5) is 30.3. The number of para-hydroxylation sites is 2. The smallest absolute Gasteiger partial charge is 0.262 e. The average Bonchev–Trinajstić information content (AvgIpc) is 2.76. The zero-order valence-corrected chi connectivity index (χ0v) is 18.5. The highest BCUT2D eigenvalue weighted by Crippen LogP contribution is 2.23. The molecule has 1 heterocycles. The molecular weight excluding hydrogens is 453 g/mol. The van der Waals surface area contributed by atoms with E-state index in [4.69, 9.17) is 23.2 Å². The summed E-state index contributed by atoms with van der Waals surface area (Å²) in [7, 11) is 0. The molecule has 3 aromatic carbocycles. The van der Waals surface area contributed by atoms with Crippen molar-refractivity contribution in [1.29, 1.82) is 0 Å². The second-order valence-corrected chi connectivity index (χ2v) is 8.54. The van der Waals surface area contributed by atoms with Crippen LogP contribution in [0.5, 0.6) is 0 Å². The molecule has 0 bridgehead atoms. The van der Waals surface area contributed by atoms with Crippen LogP contribution in [0.1, 0.15) is 5.56 Å². The fraction of sp³-hybridized carbons (Fsp3) is 0.0870. The zero-order valence-electron chi connectivity index (χ0n) is 16.2. The maximum atomic E-state index is 13.2. The molecule has 0 unspecified atom stereocenters. The lowest BCUT2D eigenvalue weighted by Crippen LogP contribution is -2.25. The van der Waals surface area contributed by atoms with Gasteiger partial charge in [0, 0.05) is 5.02 Å². The van der Waals surface area contributed by atoms with E-state index >= 15 is 0 Å². The van der Waals surface area contributed by atoms with Gasteiger partial charge in [-0.15, -0.1) is 0 Å². The van der Waals surface area contributed by atoms with E-state index in [-0.39, 0.29) is 17.2 Å². The van der Waals surface area contributed by atoms with Gasteiger partial charge in [0.05, 0.1) is 33.9 Å². The minimum Gasteiger partial charge on any atom is -0.324 e. The standard InChI is InChI=1S/C23H17Cl2N3O2S/c24-16-7-5-6-15(12-16)13-28-22(30)17-8-1-3-10-19(17)27-23(28)31-14-21(29)26-20-11-4-2-9-18(20)25/h1-12H,13-14H2,(H,26,29). The van der Waals surface area contributed by atoms with Crippen molar-refractivity contribution in [3.63, 3.8) is 0 Å². The van der Waals surface area contributed by atoms with Crippen LogP contribution >= 0.6 is 35.0 Å². The van der Waals surface area contributed by atoms with Gasteiger partial charge < -0.3 is 5.32 Å². The van der Waals surface area contributed by atoms with E-state index < -0.39 is 0 Å². The lowest BCUT2D eigenvalue weighted by Gasteiger charge is -2.13. The minimum absolute atomic E-state index is 0.0749. The van der Waals surface area contributed by atoms with E-state index in [1.54, 1.807) is 53.1 Å². The Morgan fingerprint density at radius 1 is 1.00 bits per heavy atom. The number of nitrogens with zero attached hydrogens (tertiary/aromatic N) is 2. The maximum Gasteiger partial charge on any atom is 0.262 e. The molecule has 0 aliphatic carbocycles. The fourth-order valence-electron chi connectivity index (χ4n) is 3.09. The first-order valence-electron chi connectivity index (χ1n) is 9.42. The van der Waals surface area contributed by atoms with Crippen LogP contribution in [0.15, 0.2) is 82.7 Å². The third kappa shape index (κ3) is 5.10. The van der Waals surface area contributed by atoms with E-state index in [0.717, 1.165) is 5.56 Å². The van der Waals surface area contributed by atoms with Crippen LogP contribution in [0.25, 0.3) is 10.9 Å². The number of nitrogens with one attached hydrogen (secondary N) is 1. The van der Waals surface area contributed by atoms with Gasteiger partial charge >= 0.3 is 0 Å². The van der Waals surface area contributed by atoms with Gasteiger partial charge in [-0.1, -0.05) is 71.4 Å². The molecule has 1 amide bonds. The van der Waals surface area contributed by atoms with Crippen molar-refractivity contribution in [3.05, 3.63) is 98.8 Å². The molecule has 0 atom stereocenters. The van der Waals surface area contributed by atoms with Crippen molar-refractivity contribution in [2.24, 2.45) is 0 Å². The second-order valence-electron chi connectivity index (χ2n) is 6.75. The predicted octanol–water partition coefficient (Wildman–Crippen LogP) is 5.48. The van der Waals surface area contributed by atoms with Crippen molar-refractivity contribution in [2.45, 2.75) is 11.7 Å². The molecule has 31 heavy (non-hydrogen) atoms. The quantitative estimate of drug-likeness (QED) is 0.299. The van der Waals surface area contributed by atoms with E-state index in [1.807, 2.05) is 24.3 Å². The van der Waals surface area contributed by atoms with Crippen LogP contribution in [-0.2, 0) is 11.3 Å². The summed E-state index contributed by atoms with van der Waals surface area (Å²) in [6.45, 7) is 0.297. The van der Waals surface area contributed by atoms with Gasteiger partial charge in [0.2, 0.25) is 5.91 Å². The number of rotatable bonds is 6. The highest BCUT2D eigenvalue weighted by Gasteiger charge is 2.14. The summed E-state index contributed by atoms with van der Waals surface area (Å²) < 4.78 is 1.57. The molecule has 0 fully saturated rings. The number of amides is 1. The molecule has 156 valence electrons. The molecule has 0 saturated carbocycles. The summed E-state index contributed by atoms with van der Waals surface area (Å²) in [5.41, 5.74) is 1.83. The largest absolute Gasteiger partial charge is 0.324 e. The number of hydrogen-bond acceptors (Lipinski definition) is 4. The Morgan fingerprint density at radius 3 is 2.58 bits per heavy atom. The normalized spacial score (nSPS) is 10.9. The van der Waals surface area contributed by atoms with E-state index in [9.17, 15) is 9.59 Å². The third-order valence-electron chi connectivity index (χ3n) is 4.54.